The molecule has 1 aliphatic heterocycles. The zero-order valence-electron chi connectivity index (χ0n) is 20.4. The minimum atomic E-state index is -0.531. The molecule has 196 valence electrons. The summed E-state index contributed by atoms with van der Waals surface area (Å²) in [5.41, 5.74) is 1.23. The molecule has 2 aliphatic rings. The van der Waals surface area contributed by atoms with Crippen molar-refractivity contribution >= 4 is 35.2 Å². The Labute approximate surface area is 221 Å². The first-order valence-corrected chi connectivity index (χ1v) is 12.9. The van der Waals surface area contributed by atoms with Crippen LogP contribution in [0.3, 0.4) is 0 Å². The number of nitrogens with one attached hydrogen (secondary N) is 3. The quantitative estimate of drug-likeness (QED) is 0.277. The largest absolute Gasteiger partial charge is 0.493 e. The number of halogens is 1. The van der Waals surface area contributed by atoms with Crippen LogP contribution in [0.2, 0.25) is 5.02 Å². The van der Waals surface area contributed by atoms with Crippen molar-refractivity contribution in [2.75, 3.05) is 18.4 Å². The van der Waals surface area contributed by atoms with Crippen LogP contribution in [-0.4, -0.2) is 64.6 Å². The molecule has 4 heterocycles. The number of likely N-dealkylation sites (tertiary alicyclic amines) is 1. The molecule has 1 saturated heterocycles. The molecule has 4 aromatic rings. The molecule has 1 aliphatic carbocycles. The van der Waals surface area contributed by atoms with Gasteiger partial charge in [0.15, 0.2) is 5.65 Å². The number of nitrogens with zero attached hydrogens (tertiary/aromatic N) is 6. The first kappa shape index (κ1) is 24.2. The highest BCUT2D eigenvalue weighted by molar-refractivity contribution is 6.31. The van der Waals surface area contributed by atoms with Crippen molar-refractivity contribution in [3.63, 3.8) is 0 Å². The summed E-state index contributed by atoms with van der Waals surface area (Å²) in [6.07, 6.45) is 7.26. The molecule has 1 amide bonds. The molecule has 0 spiro atoms. The predicted octanol–water partition coefficient (Wildman–Crippen LogP) is 1.28. The molecular weight excluding hydrogens is 510 g/mol. The van der Waals surface area contributed by atoms with Gasteiger partial charge in [-0.2, -0.15) is 19.6 Å². The van der Waals surface area contributed by atoms with E-state index in [1.165, 1.54) is 4.52 Å². The average molecular weight is 536 g/mol. The van der Waals surface area contributed by atoms with Gasteiger partial charge in [0.05, 0.1) is 24.7 Å². The fraction of sp³-hybridized carbons (Fsp3) is 0.360. The van der Waals surface area contributed by atoms with E-state index in [0.717, 1.165) is 44.3 Å². The summed E-state index contributed by atoms with van der Waals surface area (Å²) in [4.78, 5) is 45.5. The maximum atomic E-state index is 13.1. The van der Waals surface area contributed by atoms with E-state index in [0.29, 0.717) is 21.5 Å². The van der Waals surface area contributed by atoms with E-state index in [2.05, 4.69) is 25.4 Å². The van der Waals surface area contributed by atoms with E-state index >= 15 is 0 Å². The number of benzene rings is 1. The lowest BCUT2D eigenvalue weighted by atomic mass is 10.0. The summed E-state index contributed by atoms with van der Waals surface area (Å²) in [7, 11) is 0. The van der Waals surface area contributed by atoms with Gasteiger partial charge in [-0.25, -0.2) is 9.79 Å². The van der Waals surface area contributed by atoms with Gasteiger partial charge < -0.3 is 20.3 Å². The van der Waals surface area contributed by atoms with Crippen molar-refractivity contribution in [1.29, 1.82) is 0 Å². The number of carbonyl (C=O) groups is 1. The normalized spacial score (nSPS) is 17.4. The van der Waals surface area contributed by atoms with Crippen molar-refractivity contribution in [2.24, 2.45) is 4.99 Å². The van der Waals surface area contributed by atoms with Crippen LogP contribution in [0.25, 0.3) is 11.7 Å². The van der Waals surface area contributed by atoms with Gasteiger partial charge >= 0.3 is 5.69 Å². The van der Waals surface area contributed by atoms with Gasteiger partial charge in [0.25, 0.3) is 5.62 Å². The van der Waals surface area contributed by atoms with Crippen molar-refractivity contribution in [2.45, 2.75) is 44.2 Å². The Morgan fingerprint density at radius 1 is 1.24 bits per heavy atom. The SMILES string of the molecule is O=C(CC(Nc1nc(=NC2CC2)n2ncc(=Cc3[nH]c(=O)[nH]c3O)c2n1)c1ccccc1Cl)N1CCCC1. The summed E-state index contributed by atoms with van der Waals surface area (Å²) in [5, 5.41) is 18.8. The monoisotopic (exact) mass is 535 g/mol. The minimum Gasteiger partial charge on any atom is -0.493 e. The smallest absolute Gasteiger partial charge is 0.326 e. The topological polar surface area (TPSA) is 157 Å². The van der Waals surface area contributed by atoms with Crippen LogP contribution in [0.4, 0.5) is 5.95 Å². The second kappa shape index (κ2) is 9.93. The van der Waals surface area contributed by atoms with Crippen molar-refractivity contribution in [3.8, 4) is 5.88 Å². The van der Waals surface area contributed by atoms with Crippen LogP contribution < -0.4 is 21.8 Å². The van der Waals surface area contributed by atoms with Crippen LogP contribution in [0.5, 0.6) is 5.88 Å². The third-order valence-corrected chi connectivity index (χ3v) is 7.02. The summed E-state index contributed by atoms with van der Waals surface area (Å²) in [6.45, 7) is 1.51. The van der Waals surface area contributed by atoms with Crippen LogP contribution in [0, 0.1) is 0 Å². The van der Waals surface area contributed by atoms with E-state index < -0.39 is 11.7 Å². The van der Waals surface area contributed by atoms with Gasteiger partial charge in [-0.15, -0.1) is 0 Å². The highest BCUT2D eigenvalue weighted by Gasteiger charge is 2.26. The van der Waals surface area contributed by atoms with Crippen molar-refractivity contribution in [1.82, 2.24) is 34.4 Å². The molecule has 4 N–H and O–H groups in total. The molecule has 1 aromatic carbocycles. The molecule has 1 unspecified atom stereocenters. The summed E-state index contributed by atoms with van der Waals surface area (Å²) in [5.74, 6) is 0.0102. The third kappa shape index (κ3) is 4.99. The van der Waals surface area contributed by atoms with Gasteiger partial charge in [0, 0.05) is 23.3 Å². The molecule has 38 heavy (non-hydrogen) atoms. The van der Waals surface area contributed by atoms with Gasteiger partial charge in [-0.1, -0.05) is 29.8 Å². The Bertz CT molecular complexity index is 1680. The Morgan fingerprint density at radius 3 is 2.74 bits per heavy atom. The molecule has 0 bridgehead atoms. The summed E-state index contributed by atoms with van der Waals surface area (Å²) < 4.78 is 1.52. The lowest BCUT2D eigenvalue weighted by Crippen LogP contribution is -2.31. The zero-order valence-corrected chi connectivity index (χ0v) is 21.1. The molecule has 12 nitrogen and oxygen atoms in total. The van der Waals surface area contributed by atoms with E-state index in [9.17, 15) is 14.7 Å². The van der Waals surface area contributed by atoms with Gasteiger partial charge in [0.1, 0.15) is 5.69 Å². The Morgan fingerprint density at radius 2 is 2.03 bits per heavy atom. The molecule has 3 aromatic heterocycles. The molecule has 13 heteroatoms. The molecule has 6 rings (SSSR count). The number of hydrogen-bond donors (Lipinski definition) is 4. The minimum absolute atomic E-state index is 0.0363. The fourth-order valence-corrected chi connectivity index (χ4v) is 4.83. The number of imidazole rings is 1. The number of rotatable bonds is 7. The van der Waals surface area contributed by atoms with E-state index in [1.807, 2.05) is 23.1 Å². The first-order chi connectivity index (χ1) is 18.4. The zero-order chi connectivity index (χ0) is 26.2. The average Bonchev–Trinajstić information content (AvgIpc) is 3.25. The maximum absolute atomic E-state index is 13.1. The second-order valence-electron chi connectivity index (χ2n) is 9.54. The molecule has 1 saturated carbocycles. The maximum Gasteiger partial charge on any atom is 0.326 e. The molecule has 0 radical (unpaired) electrons. The highest BCUT2D eigenvalue weighted by atomic mass is 35.5. The molecule has 1 atom stereocenters. The number of carbonyl (C=O) groups excluding carboxylic acids is 1. The Hall–Kier alpha value is -4.19. The van der Waals surface area contributed by atoms with Crippen molar-refractivity contribution < 1.29 is 9.90 Å². The fourth-order valence-electron chi connectivity index (χ4n) is 4.57. The lowest BCUT2D eigenvalue weighted by molar-refractivity contribution is -0.130. The van der Waals surface area contributed by atoms with Gasteiger partial charge in [-0.3, -0.25) is 9.78 Å². The van der Waals surface area contributed by atoms with Crippen molar-refractivity contribution in [3.05, 3.63) is 68.1 Å². The number of H-pyrrole nitrogens is 2. The lowest BCUT2D eigenvalue weighted by Gasteiger charge is -2.23. The summed E-state index contributed by atoms with van der Waals surface area (Å²) in [6, 6.07) is 7.08. The number of anilines is 1. The van der Waals surface area contributed by atoms with Gasteiger partial charge in [-0.05, 0) is 43.4 Å². The number of aromatic hydroxyl groups is 1. The van der Waals surface area contributed by atoms with E-state index in [1.54, 1.807) is 18.3 Å². The molecule has 2 fully saturated rings. The Balaban J connectivity index is 1.43. The van der Waals surface area contributed by atoms with Crippen LogP contribution in [-0.2, 0) is 4.79 Å². The number of aromatic amines is 2. The standard InChI is InChI=1S/C25H26ClN9O3/c26-17-6-2-1-5-16(17)18(12-20(36)34-9-3-4-10-34)29-23-31-21-14(11-19-22(37)32-25(38)30-19)13-27-35(21)24(33-23)28-15-7-8-15/h1-2,5-6,11,13,15,18,37H,3-4,7-10,12H2,(H,28,29,33)(H2,30,32,38). The Kier molecular flexibility index (Phi) is 6.32. The number of hydrogen-bond acceptors (Lipinski definition) is 8. The number of fused-ring (bicyclic) bond motifs is 1. The van der Waals surface area contributed by atoms with E-state index in [4.69, 9.17) is 21.6 Å². The van der Waals surface area contributed by atoms with Crippen LogP contribution in [0.15, 0.2) is 40.2 Å². The number of amides is 1. The van der Waals surface area contributed by atoms with E-state index in [-0.39, 0.29) is 35.9 Å². The predicted molar refractivity (Wildman–Crippen MR) is 139 cm³/mol. The third-order valence-electron chi connectivity index (χ3n) is 6.68. The molecular formula is C25H26ClN9O3. The summed E-state index contributed by atoms with van der Waals surface area (Å²) >= 11 is 6.55. The first-order valence-electron chi connectivity index (χ1n) is 12.6. The van der Waals surface area contributed by atoms with Crippen LogP contribution >= 0.6 is 11.6 Å². The van der Waals surface area contributed by atoms with Crippen LogP contribution in [0.1, 0.15) is 49.4 Å². The number of aromatic nitrogens is 6. The van der Waals surface area contributed by atoms with Gasteiger partial charge in [0.2, 0.25) is 17.7 Å². The second-order valence-corrected chi connectivity index (χ2v) is 9.95. The highest BCUT2D eigenvalue weighted by Crippen LogP contribution is 2.29.